The number of rotatable bonds is 1. The molecule has 0 aromatic carbocycles. The summed E-state index contributed by atoms with van der Waals surface area (Å²) in [6, 6.07) is 0.630. The van der Waals surface area contributed by atoms with Crippen molar-refractivity contribution in [1.82, 2.24) is 10.4 Å². The molecule has 0 aromatic heterocycles. The molecule has 1 atom stereocenters. The van der Waals surface area contributed by atoms with E-state index >= 15 is 0 Å². The van der Waals surface area contributed by atoms with Crippen LogP contribution in [-0.2, 0) is 0 Å². The third kappa shape index (κ3) is 0.858. The van der Waals surface area contributed by atoms with Gasteiger partial charge in [-0.1, -0.05) is 0 Å². The van der Waals surface area contributed by atoms with Crippen LogP contribution in [0.3, 0.4) is 0 Å². The van der Waals surface area contributed by atoms with E-state index in [1.165, 1.54) is 0 Å². The van der Waals surface area contributed by atoms with Gasteiger partial charge in [0.15, 0.2) is 0 Å². The lowest BCUT2D eigenvalue weighted by molar-refractivity contribution is 0.363. The highest BCUT2D eigenvalue weighted by molar-refractivity contribution is 4.90. The molecule has 1 aliphatic heterocycles. The van der Waals surface area contributed by atoms with E-state index < -0.39 is 0 Å². The molecule has 1 rings (SSSR count). The molecule has 8 heavy (non-hydrogen) atoms. The molecule has 1 aliphatic rings. The van der Waals surface area contributed by atoms with E-state index in [1.807, 2.05) is 0 Å². The summed E-state index contributed by atoms with van der Waals surface area (Å²) in [5, 5.41) is 2.23. The highest BCUT2D eigenvalue weighted by Crippen LogP contribution is 2.25. The topological polar surface area (TPSA) is 25.0 Å². The summed E-state index contributed by atoms with van der Waals surface area (Å²) < 4.78 is 0. The van der Waals surface area contributed by atoms with E-state index in [1.54, 1.807) is 0 Å². The highest BCUT2D eigenvalue weighted by Gasteiger charge is 2.43. The van der Waals surface area contributed by atoms with Gasteiger partial charge in [0.25, 0.3) is 0 Å². The zero-order valence-corrected chi connectivity index (χ0v) is 6.02. The first-order valence-electron chi connectivity index (χ1n) is 3.11. The van der Waals surface area contributed by atoms with Crippen LogP contribution in [-0.4, -0.2) is 16.7 Å². The summed E-state index contributed by atoms with van der Waals surface area (Å²) in [4.78, 5) is 0. The van der Waals surface area contributed by atoms with Gasteiger partial charge in [0, 0.05) is 6.04 Å². The van der Waals surface area contributed by atoms with Crippen LogP contribution in [0.15, 0.2) is 0 Å². The molecule has 0 saturated carbocycles. The Kier molecular flexibility index (Phi) is 1.10. The normalized spacial score (nSPS) is 33.4. The summed E-state index contributed by atoms with van der Waals surface area (Å²) >= 11 is 0. The minimum Gasteiger partial charge on any atom is -0.232 e. The van der Waals surface area contributed by atoms with Crippen molar-refractivity contribution in [2.75, 3.05) is 0 Å². The van der Waals surface area contributed by atoms with Gasteiger partial charge in [0.1, 0.15) is 0 Å². The average Bonchev–Trinajstić information content (AvgIpc) is 2.13. The second-order valence-electron chi connectivity index (χ2n) is 3.13. The van der Waals surface area contributed by atoms with E-state index in [0.717, 1.165) is 0 Å². The van der Waals surface area contributed by atoms with Crippen molar-refractivity contribution in [2.45, 2.75) is 39.4 Å². The Morgan fingerprint density at radius 3 is 1.75 bits per heavy atom. The van der Waals surface area contributed by atoms with Crippen molar-refractivity contribution < 1.29 is 0 Å². The molecule has 0 spiro atoms. The van der Waals surface area contributed by atoms with Gasteiger partial charge in [0.2, 0.25) is 0 Å². The molecule has 0 amide bonds. The molecule has 1 saturated heterocycles. The Morgan fingerprint density at radius 1 is 1.38 bits per heavy atom. The number of hydrazine groups is 1. The third-order valence-electron chi connectivity index (χ3n) is 1.46. The maximum absolute atomic E-state index is 3.24. The lowest BCUT2D eigenvalue weighted by atomic mass is 10.3. The Labute approximate surface area is 50.8 Å². The Hall–Kier alpha value is -0.0800. The lowest BCUT2D eigenvalue weighted by Gasteiger charge is -2.05. The predicted octanol–water partition coefficient (Wildman–Crippen LogP) is 0.951. The summed E-state index contributed by atoms with van der Waals surface area (Å²) in [6.45, 7) is 8.71. The SMILES string of the molecule is CC(C)N1NC1(C)C. The monoisotopic (exact) mass is 114 g/mol. The van der Waals surface area contributed by atoms with E-state index in [4.69, 9.17) is 0 Å². The first kappa shape index (κ1) is 6.05. The fraction of sp³-hybridized carbons (Fsp3) is 1.00. The third-order valence-corrected chi connectivity index (χ3v) is 1.46. The molecule has 2 nitrogen and oxygen atoms in total. The molecular weight excluding hydrogens is 100 g/mol. The van der Waals surface area contributed by atoms with E-state index in [0.29, 0.717) is 6.04 Å². The molecule has 2 heteroatoms. The van der Waals surface area contributed by atoms with Gasteiger partial charge in [-0.15, -0.1) is 0 Å². The summed E-state index contributed by atoms with van der Waals surface area (Å²) in [7, 11) is 0. The van der Waals surface area contributed by atoms with Gasteiger partial charge in [-0.05, 0) is 27.7 Å². The zero-order valence-electron chi connectivity index (χ0n) is 6.02. The quantitative estimate of drug-likeness (QED) is 0.513. The fourth-order valence-corrected chi connectivity index (χ4v) is 1.04. The number of hydrogen-bond donors (Lipinski definition) is 1. The highest BCUT2D eigenvalue weighted by atomic mass is 15.8. The van der Waals surface area contributed by atoms with Gasteiger partial charge in [0.05, 0.1) is 5.66 Å². The maximum Gasteiger partial charge on any atom is 0.0921 e. The second kappa shape index (κ2) is 1.45. The minimum atomic E-state index is 0.272. The van der Waals surface area contributed by atoms with Crippen LogP contribution in [0.4, 0.5) is 0 Å². The van der Waals surface area contributed by atoms with Gasteiger partial charge < -0.3 is 0 Å². The standard InChI is InChI=1S/C6H14N2/c1-5(2)8-6(3,4)7-8/h5,7H,1-4H3. The van der Waals surface area contributed by atoms with E-state index in [9.17, 15) is 0 Å². The number of nitrogens with zero attached hydrogens (tertiary/aromatic N) is 1. The van der Waals surface area contributed by atoms with Crippen molar-refractivity contribution in [2.24, 2.45) is 0 Å². The molecule has 1 heterocycles. The van der Waals surface area contributed by atoms with Crippen molar-refractivity contribution >= 4 is 0 Å². The average molecular weight is 114 g/mol. The van der Waals surface area contributed by atoms with Crippen molar-refractivity contribution in [3.05, 3.63) is 0 Å². The van der Waals surface area contributed by atoms with E-state index in [-0.39, 0.29) is 5.66 Å². The van der Waals surface area contributed by atoms with Gasteiger partial charge >= 0.3 is 0 Å². The molecule has 0 radical (unpaired) electrons. The summed E-state index contributed by atoms with van der Waals surface area (Å²) in [6.07, 6.45) is 0. The number of hydrogen-bond acceptors (Lipinski definition) is 2. The van der Waals surface area contributed by atoms with E-state index in [2.05, 4.69) is 38.1 Å². The summed E-state index contributed by atoms with van der Waals surface area (Å²) in [5.41, 5.74) is 3.51. The molecule has 0 aromatic rings. The minimum absolute atomic E-state index is 0.272. The molecular formula is C6H14N2. The van der Waals surface area contributed by atoms with Crippen LogP contribution in [0.25, 0.3) is 0 Å². The van der Waals surface area contributed by atoms with Crippen LogP contribution in [0.2, 0.25) is 0 Å². The molecule has 0 bridgehead atoms. The van der Waals surface area contributed by atoms with Crippen molar-refractivity contribution in [1.29, 1.82) is 0 Å². The van der Waals surface area contributed by atoms with Gasteiger partial charge in [-0.3, -0.25) is 0 Å². The largest absolute Gasteiger partial charge is 0.232 e. The predicted molar refractivity (Wildman–Crippen MR) is 34.2 cm³/mol. The second-order valence-corrected chi connectivity index (χ2v) is 3.13. The molecule has 1 N–H and O–H groups in total. The Bertz CT molecular complexity index is 96.7. The molecule has 1 unspecified atom stereocenters. The molecule has 0 aliphatic carbocycles. The lowest BCUT2D eigenvalue weighted by Crippen LogP contribution is -2.16. The van der Waals surface area contributed by atoms with Gasteiger partial charge in [-0.25, -0.2) is 10.4 Å². The van der Waals surface area contributed by atoms with Crippen molar-refractivity contribution in [3.8, 4) is 0 Å². The summed E-state index contributed by atoms with van der Waals surface area (Å²) in [5.74, 6) is 0. The molecule has 1 fully saturated rings. The first-order chi connectivity index (χ1) is 3.54. The van der Waals surface area contributed by atoms with Gasteiger partial charge in [-0.2, -0.15) is 0 Å². The van der Waals surface area contributed by atoms with Crippen LogP contribution >= 0.6 is 0 Å². The van der Waals surface area contributed by atoms with Crippen LogP contribution in [0.5, 0.6) is 0 Å². The number of nitrogens with one attached hydrogen (secondary N) is 1. The fourth-order valence-electron chi connectivity index (χ4n) is 1.04. The maximum atomic E-state index is 3.24. The van der Waals surface area contributed by atoms with Crippen LogP contribution < -0.4 is 5.43 Å². The first-order valence-corrected chi connectivity index (χ1v) is 3.11. The van der Waals surface area contributed by atoms with Crippen LogP contribution in [0, 0.1) is 0 Å². The smallest absolute Gasteiger partial charge is 0.0921 e. The zero-order chi connectivity index (χ0) is 6.36. The van der Waals surface area contributed by atoms with Crippen LogP contribution in [0.1, 0.15) is 27.7 Å². The van der Waals surface area contributed by atoms with Crippen molar-refractivity contribution in [3.63, 3.8) is 0 Å². The Morgan fingerprint density at radius 2 is 1.75 bits per heavy atom. The Balaban J connectivity index is 2.37. The molecule has 48 valence electrons.